The van der Waals surface area contributed by atoms with Crippen molar-refractivity contribution in [2.75, 3.05) is 50.7 Å². The number of carbonyl (C=O) groups is 5. The molecule has 11 nitrogen and oxygen atoms in total. The van der Waals surface area contributed by atoms with Gasteiger partial charge in [0.05, 0.1) is 16.8 Å². The molecule has 0 spiro atoms. The van der Waals surface area contributed by atoms with E-state index >= 15 is 0 Å². The van der Waals surface area contributed by atoms with Gasteiger partial charge in [0.25, 0.3) is 11.8 Å². The summed E-state index contributed by atoms with van der Waals surface area (Å²) in [4.78, 5) is 69.8. The van der Waals surface area contributed by atoms with Crippen molar-refractivity contribution in [2.24, 2.45) is 5.92 Å². The molecule has 4 heterocycles. The first kappa shape index (κ1) is 28.0. The molecule has 4 aliphatic heterocycles. The van der Waals surface area contributed by atoms with Crippen LogP contribution in [0.1, 0.15) is 67.2 Å². The van der Waals surface area contributed by atoms with Crippen LogP contribution in [0.3, 0.4) is 0 Å². The Bertz CT molecular complexity index is 1230. The lowest BCUT2D eigenvalue weighted by atomic mass is 9.94. The van der Waals surface area contributed by atoms with Crippen molar-refractivity contribution in [1.82, 2.24) is 20.0 Å². The summed E-state index contributed by atoms with van der Waals surface area (Å²) in [7, 11) is 0. The second-order valence-electron chi connectivity index (χ2n) is 12.0. The molecule has 4 aliphatic rings. The van der Waals surface area contributed by atoms with Crippen LogP contribution < -0.4 is 10.2 Å². The zero-order valence-corrected chi connectivity index (χ0v) is 23.2. The molecule has 1 aromatic rings. The van der Waals surface area contributed by atoms with Crippen molar-refractivity contribution in [3.63, 3.8) is 0 Å². The molecule has 40 heavy (non-hydrogen) atoms. The number of fused-ring (bicyclic) bond motifs is 1. The Balaban J connectivity index is 1.20. The molecule has 3 saturated heterocycles. The smallest absolute Gasteiger partial charge is 0.410 e. The Morgan fingerprint density at radius 1 is 0.950 bits per heavy atom. The zero-order valence-electron chi connectivity index (χ0n) is 23.2. The number of ether oxygens (including phenoxy) is 1. The molecule has 1 atom stereocenters. The van der Waals surface area contributed by atoms with Gasteiger partial charge in [-0.15, -0.1) is 0 Å². The van der Waals surface area contributed by atoms with E-state index in [1.54, 1.807) is 4.90 Å². The van der Waals surface area contributed by atoms with Crippen molar-refractivity contribution in [3.8, 4) is 0 Å². The van der Waals surface area contributed by atoms with Crippen LogP contribution in [-0.2, 0) is 14.3 Å². The van der Waals surface area contributed by atoms with Gasteiger partial charge in [0.15, 0.2) is 0 Å². The van der Waals surface area contributed by atoms with Crippen LogP contribution in [0, 0.1) is 11.7 Å². The third-order valence-electron chi connectivity index (χ3n) is 8.02. The largest absolute Gasteiger partial charge is 0.444 e. The minimum atomic E-state index is -1.14. The molecule has 1 aromatic carbocycles. The average Bonchev–Trinajstić information content (AvgIpc) is 3.15. The van der Waals surface area contributed by atoms with Crippen LogP contribution in [0.4, 0.5) is 14.9 Å². The van der Waals surface area contributed by atoms with Crippen LogP contribution in [-0.4, -0.2) is 102 Å². The van der Waals surface area contributed by atoms with E-state index in [9.17, 15) is 28.4 Å². The maximum absolute atomic E-state index is 14.8. The highest BCUT2D eigenvalue weighted by atomic mass is 19.1. The normalized spacial score (nSPS) is 23.0. The van der Waals surface area contributed by atoms with Crippen LogP contribution in [0.15, 0.2) is 12.1 Å². The third kappa shape index (κ3) is 5.54. The lowest BCUT2D eigenvalue weighted by Crippen LogP contribution is -2.54. The standard InChI is InChI=1S/C28H36FN5O6/c1-28(2,3)40-27(39)33-14-12-31(13-15-33)16-17-8-10-32(11-9-17)19-5-4-18(29)22-23(19)26(38)34(25(22)37)20-6-7-21(35)30-24(20)36/h4-5,17,20H,6-16H2,1-3H3,(H,30,35,36). The molecule has 0 aromatic heterocycles. The number of halogens is 1. The molecule has 216 valence electrons. The first-order valence-electron chi connectivity index (χ1n) is 13.9. The number of benzene rings is 1. The van der Waals surface area contributed by atoms with E-state index in [0.29, 0.717) is 37.8 Å². The minimum absolute atomic E-state index is 0.00270. The molecule has 5 rings (SSSR count). The molecule has 5 amide bonds. The number of imide groups is 2. The van der Waals surface area contributed by atoms with E-state index in [1.165, 1.54) is 12.1 Å². The van der Waals surface area contributed by atoms with Gasteiger partial charge in [-0.2, -0.15) is 0 Å². The fraction of sp³-hybridized carbons (Fsp3) is 0.607. The molecule has 0 saturated carbocycles. The molecule has 0 aliphatic carbocycles. The van der Waals surface area contributed by atoms with Crippen molar-refractivity contribution < 1.29 is 33.1 Å². The van der Waals surface area contributed by atoms with Gasteiger partial charge in [-0.1, -0.05) is 0 Å². The summed E-state index contributed by atoms with van der Waals surface area (Å²) in [6.45, 7) is 10.5. The van der Waals surface area contributed by atoms with Gasteiger partial charge in [0.2, 0.25) is 11.8 Å². The second kappa shape index (κ2) is 10.8. The van der Waals surface area contributed by atoms with Crippen LogP contribution in [0.25, 0.3) is 0 Å². The number of nitrogens with one attached hydrogen (secondary N) is 1. The maximum Gasteiger partial charge on any atom is 0.410 e. The summed E-state index contributed by atoms with van der Waals surface area (Å²) in [5.41, 5.74) is -0.342. The molecular weight excluding hydrogens is 521 g/mol. The quantitative estimate of drug-likeness (QED) is 0.559. The number of nitrogens with zero attached hydrogens (tertiary/aromatic N) is 4. The molecule has 12 heteroatoms. The predicted molar refractivity (Wildman–Crippen MR) is 142 cm³/mol. The Kier molecular flexibility index (Phi) is 7.56. The highest BCUT2D eigenvalue weighted by Gasteiger charge is 2.47. The highest BCUT2D eigenvalue weighted by Crippen LogP contribution is 2.37. The summed E-state index contributed by atoms with van der Waals surface area (Å²) in [5.74, 6) is -3.09. The number of carbonyl (C=O) groups excluding carboxylic acids is 5. The Labute approximate surface area is 232 Å². The number of piperazine rings is 1. The predicted octanol–water partition coefficient (Wildman–Crippen LogP) is 2.00. The number of piperidine rings is 2. The SMILES string of the molecule is CC(C)(C)OC(=O)N1CCN(CC2CCN(c3ccc(F)c4c3C(=O)N(C3CCC(=O)NC3=O)C4=O)CC2)CC1. The van der Waals surface area contributed by atoms with Gasteiger partial charge >= 0.3 is 6.09 Å². The number of anilines is 1. The van der Waals surface area contributed by atoms with Gasteiger partial charge in [-0.05, 0) is 58.1 Å². The average molecular weight is 558 g/mol. The topological polar surface area (TPSA) is 120 Å². The van der Waals surface area contributed by atoms with Crippen LogP contribution in [0.2, 0.25) is 0 Å². The number of amides is 5. The van der Waals surface area contributed by atoms with Gasteiger partial charge in [0.1, 0.15) is 17.5 Å². The minimum Gasteiger partial charge on any atom is -0.444 e. The van der Waals surface area contributed by atoms with Gasteiger partial charge in [-0.25, -0.2) is 9.18 Å². The lowest BCUT2D eigenvalue weighted by molar-refractivity contribution is -0.136. The summed E-state index contributed by atoms with van der Waals surface area (Å²) < 4.78 is 20.3. The summed E-state index contributed by atoms with van der Waals surface area (Å²) in [6, 6.07) is 1.59. The second-order valence-corrected chi connectivity index (χ2v) is 12.0. The molecule has 0 radical (unpaired) electrons. The fourth-order valence-corrected chi connectivity index (χ4v) is 5.96. The Hall–Kier alpha value is -3.54. The summed E-state index contributed by atoms with van der Waals surface area (Å²) >= 11 is 0. The number of hydrogen-bond donors (Lipinski definition) is 1. The zero-order chi connectivity index (χ0) is 28.8. The molecular formula is C28H36FN5O6. The van der Waals surface area contributed by atoms with E-state index < -0.39 is 41.1 Å². The first-order valence-corrected chi connectivity index (χ1v) is 13.9. The van der Waals surface area contributed by atoms with Gasteiger partial charge in [0, 0.05) is 52.2 Å². The van der Waals surface area contributed by atoms with Crippen molar-refractivity contribution in [2.45, 2.75) is 58.1 Å². The van der Waals surface area contributed by atoms with E-state index in [2.05, 4.69) is 10.2 Å². The van der Waals surface area contributed by atoms with E-state index in [-0.39, 0.29) is 30.1 Å². The monoisotopic (exact) mass is 557 g/mol. The number of rotatable bonds is 4. The van der Waals surface area contributed by atoms with Crippen molar-refractivity contribution in [1.29, 1.82) is 0 Å². The van der Waals surface area contributed by atoms with Crippen LogP contribution >= 0.6 is 0 Å². The highest BCUT2D eigenvalue weighted by molar-refractivity contribution is 6.25. The van der Waals surface area contributed by atoms with Gasteiger partial charge < -0.3 is 14.5 Å². The van der Waals surface area contributed by atoms with Crippen molar-refractivity contribution in [3.05, 3.63) is 29.1 Å². The fourth-order valence-electron chi connectivity index (χ4n) is 5.96. The molecule has 1 N–H and O–H groups in total. The van der Waals surface area contributed by atoms with E-state index in [4.69, 9.17) is 4.74 Å². The van der Waals surface area contributed by atoms with Crippen molar-refractivity contribution >= 4 is 35.4 Å². The third-order valence-corrected chi connectivity index (χ3v) is 8.02. The van der Waals surface area contributed by atoms with E-state index in [1.807, 2.05) is 25.7 Å². The lowest BCUT2D eigenvalue weighted by Gasteiger charge is -2.39. The summed E-state index contributed by atoms with van der Waals surface area (Å²) in [6.07, 6.45) is 1.46. The van der Waals surface area contributed by atoms with E-state index in [0.717, 1.165) is 37.4 Å². The molecule has 0 bridgehead atoms. The van der Waals surface area contributed by atoms with Gasteiger partial charge in [-0.3, -0.25) is 34.3 Å². The molecule has 3 fully saturated rings. The maximum atomic E-state index is 14.8. The Morgan fingerprint density at radius 3 is 2.23 bits per heavy atom. The number of hydrogen-bond acceptors (Lipinski definition) is 8. The summed E-state index contributed by atoms with van der Waals surface area (Å²) in [5, 5.41) is 2.16. The molecule has 1 unspecified atom stereocenters. The van der Waals surface area contributed by atoms with Crippen LogP contribution in [0.5, 0.6) is 0 Å². The first-order chi connectivity index (χ1) is 18.9. The Morgan fingerprint density at radius 2 is 1.60 bits per heavy atom.